The first-order valence-corrected chi connectivity index (χ1v) is 10.8. The molecule has 0 radical (unpaired) electrons. The first kappa shape index (κ1) is 18.7. The monoisotopic (exact) mass is 475 g/mol. The van der Waals surface area contributed by atoms with Gasteiger partial charge in [-0.15, -0.1) is 0 Å². The lowest BCUT2D eigenvalue weighted by molar-refractivity contribution is -0.122. The highest BCUT2D eigenvalue weighted by molar-refractivity contribution is 9.09. The average Bonchev–Trinajstić information content (AvgIpc) is 3.06. The molecule has 2 amide bonds. The van der Waals surface area contributed by atoms with E-state index in [9.17, 15) is 14.8 Å². The first-order chi connectivity index (χ1) is 14.9. The average molecular weight is 476 g/mol. The molecule has 0 aromatic heterocycles. The van der Waals surface area contributed by atoms with Crippen LogP contribution in [0.3, 0.4) is 0 Å². The zero-order valence-corrected chi connectivity index (χ0v) is 17.7. The number of halogens is 1. The Kier molecular flexibility index (Phi) is 3.78. The molecular weight excluding hydrogens is 460 g/mol. The van der Waals surface area contributed by atoms with Gasteiger partial charge < -0.3 is 10.4 Å². The number of imide groups is 1. The molecule has 1 fully saturated rings. The molecule has 0 spiro atoms. The Hall–Kier alpha value is -3.00. The van der Waals surface area contributed by atoms with Gasteiger partial charge in [0, 0.05) is 5.92 Å². The van der Waals surface area contributed by atoms with Gasteiger partial charge in [-0.2, -0.15) is 0 Å². The number of hydrogen-bond donors (Lipinski definition) is 1. The van der Waals surface area contributed by atoms with E-state index in [1.54, 1.807) is 0 Å². The van der Waals surface area contributed by atoms with Crippen LogP contribution in [0.25, 0.3) is 0 Å². The predicted octanol–water partition coefficient (Wildman–Crippen LogP) is 4.28. The summed E-state index contributed by atoms with van der Waals surface area (Å²) in [5.74, 6) is -1.82. The van der Waals surface area contributed by atoms with Crippen molar-refractivity contribution in [2.75, 3.05) is 10.1 Å². The van der Waals surface area contributed by atoms with Gasteiger partial charge in [0.15, 0.2) is 0 Å². The van der Waals surface area contributed by atoms with Crippen molar-refractivity contribution < 1.29 is 14.8 Å². The van der Waals surface area contributed by atoms with E-state index in [0.717, 1.165) is 22.3 Å². The second-order valence-electron chi connectivity index (χ2n) is 8.17. The number of rotatable bonds is 2. The van der Waals surface area contributed by atoms with Crippen LogP contribution in [0.4, 0.5) is 11.4 Å². The van der Waals surface area contributed by atoms with E-state index in [4.69, 9.17) is 5.21 Å². The minimum Gasteiger partial charge on any atom is -0.733 e. The molecule has 154 valence electrons. The van der Waals surface area contributed by atoms with Gasteiger partial charge in [-0.25, -0.2) is 4.90 Å². The fourth-order valence-electron chi connectivity index (χ4n) is 5.66. The summed E-state index contributed by atoms with van der Waals surface area (Å²) in [6.07, 6.45) is 0. The van der Waals surface area contributed by atoms with Crippen LogP contribution >= 0.6 is 15.9 Å². The Labute approximate surface area is 186 Å². The number of anilines is 2. The lowest BCUT2D eigenvalue weighted by Crippen LogP contribution is -2.50. The Bertz CT molecular complexity index is 1210. The first-order valence-electron chi connectivity index (χ1n) is 9.96. The standard InChI is InChI=1S/C24H16BrN2O4/c25-24-17-7-3-1-5-15(17)19(16-6-2-4-8-18(16)24)20-21(24)23(29)26(22(20)28)13-9-11-14(12-10-13)27(30)31/h1-12,19-21,30H/q-1/t19?,20-,21-,24?/m1/s1. The van der Waals surface area contributed by atoms with Crippen molar-refractivity contribution in [1.29, 1.82) is 0 Å². The van der Waals surface area contributed by atoms with Gasteiger partial charge in [-0.1, -0.05) is 64.5 Å². The van der Waals surface area contributed by atoms with Crippen LogP contribution in [-0.2, 0) is 13.9 Å². The SMILES string of the molecule is O=C1[C@@H]2C3c4ccccc4C(Br)(c4ccccc43)[C@H]2C(=O)N1c1ccc(N([O-])O)cc1. The Morgan fingerprint density at radius 2 is 1.42 bits per heavy atom. The minimum absolute atomic E-state index is 0.0251. The number of alkyl halides is 1. The fourth-order valence-corrected chi connectivity index (χ4v) is 6.87. The van der Waals surface area contributed by atoms with Gasteiger partial charge >= 0.3 is 0 Å². The molecule has 1 heterocycles. The number of carbonyl (C=O) groups excluding carboxylic acids is 2. The number of benzene rings is 3. The second-order valence-corrected chi connectivity index (χ2v) is 9.42. The molecule has 1 N–H and O–H groups in total. The molecule has 7 heteroatoms. The maximum absolute atomic E-state index is 13.7. The predicted molar refractivity (Wildman–Crippen MR) is 118 cm³/mol. The van der Waals surface area contributed by atoms with E-state index >= 15 is 0 Å². The van der Waals surface area contributed by atoms with Crippen molar-refractivity contribution in [3.8, 4) is 0 Å². The van der Waals surface area contributed by atoms with E-state index in [-0.39, 0.29) is 28.6 Å². The lowest BCUT2D eigenvalue weighted by Gasteiger charge is -2.51. The van der Waals surface area contributed by atoms with Crippen molar-refractivity contribution >= 4 is 39.1 Å². The van der Waals surface area contributed by atoms with Crippen molar-refractivity contribution in [3.05, 3.63) is 100 Å². The number of hydrogen-bond acceptors (Lipinski definition) is 5. The highest BCUT2D eigenvalue weighted by Crippen LogP contribution is 2.66. The van der Waals surface area contributed by atoms with E-state index in [0.29, 0.717) is 5.69 Å². The summed E-state index contributed by atoms with van der Waals surface area (Å²) in [4.78, 5) is 28.7. The van der Waals surface area contributed by atoms with E-state index in [1.165, 1.54) is 29.2 Å². The summed E-state index contributed by atoms with van der Waals surface area (Å²) in [7, 11) is 0. The number of nitrogens with zero attached hydrogens (tertiary/aromatic N) is 2. The molecule has 31 heavy (non-hydrogen) atoms. The van der Waals surface area contributed by atoms with Gasteiger partial charge in [0.2, 0.25) is 11.8 Å². The van der Waals surface area contributed by atoms with Gasteiger partial charge in [0.1, 0.15) is 0 Å². The van der Waals surface area contributed by atoms with Gasteiger partial charge in [-0.05, 0) is 46.5 Å². The fraction of sp³-hybridized carbons (Fsp3) is 0.167. The van der Waals surface area contributed by atoms with Gasteiger partial charge in [0.25, 0.3) is 0 Å². The molecule has 6 nitrogen and oxygen atoms in total. The maximum atomic E-state index is 13.7. The minimum atomic E-state index is -0.794. The van der Waals surface area contributed by atoms with E-state index in [1.807, 2.05) is 48.5 Å². The van der Waals surface area contributed by atoms with Crippen LogP contribution in [-0.4, -0.2) is 17.0 Å². The second kappa shape index (κ2) is 6.26. The summed E-state index contributed by atoms with van der Waals surface area (Å²) in [5.41, 5.74) is 4.61. The highest BCUT2D eigenvalue weighted by atomic mass is 79.9. The Balaban J connectivity index is 1.55. The van der Waals surface area contributed by atoms with Crippen molar-refractivity contribution in [2.24, 2.45) is 11.8 Å². The highest BCUT2D eigenvalue weighted by Gasteiger charge is 2.67. The largest absolute Gasteiger partial charge is 0.733 e. The third-order valence-electron chi connectivity index (χ3n) is 6.84. The molecule has 3 aromatic rings. The quantitative estimate of drug-likeness (QED) is 0.339. The zero-order chi connectivity index (χ0) is 21.5. The lowest BCUT2D eigenvalue weighted by atomic mass is 9.55. The van der Waals surface area contributed by atoms with Gasteiger partial charge in [0.05, 0.1) is 27.5 Å². The van der Waals surface area contributed by atoms with Crippen LogP contribution in [0.5, 0.6) is 0 Å². The van der Waals surface area contributed by atoms with Crippen molar-refractivity contribution in [3.63, 3.8) is 0 Å². The molecule has 0 saturated carbocycles. The van der Waals surface area contributed by atoms with Crippen LogP contribution in [0.2, 0.25) is 0 Å². The summed E-state index contributed by atoms with van der Waals surface area (Å²) >= 11 is 3.96. The summed E-state index contributed by atoms with van der Waals surface area (Å²) in [6, 6.07) is 21.8. The van der Waals surface area contributed by atoms with E-state index < -0.39 is 16.2 Å². The third-order valence-corrected chi connectivity index (χ3v) is 8.19. The van der Waals surface area contributed by atoms with Crippen molar-refractivity contribution in [1.82, 2.24) is 0 Å². The van der Waals surface area contributed by atoms with Crippen molar-refractivity contribution in [2.45, 2.75) is 10.2 Å². The van der Waals surface area contributed by atoms with Crippen LogP contribution in [0, 0.1) is 17.0 Å². The smallest absolute Gasteiger partial charge is 0.239 e. The normalized spacial score (nSPS) is 27.7. The Morgan fingerprint density at radius 1 is 0.871 bits per heavy atom. The summed E-state index contributed by atoms with van der Waals surface area (Å²) in [5, 5.41) is 20.0. The molecule has 7 rings (SSSR count). The Morgan fingerprint density at radius 3 is 1.97 bits per heavy atom. The van der Waals surface area contributed by atoms with Gasteiger partial charge in [-0.3, -0.25) is 14.8 Å². The molecule has 4 aliphatic rings. The summed E-state index contributed by atoms with van der Waals surface area (Å²) < 4.78 is -0.794. The number of carbonyl (C=O) groups is 2. The maximum Gasteiger partial charge on any atom is 0.239 e. The molecule has 3 aromatic carbocycles. The molecule has 2 atom stereocenters. The van der Waals surface area contributed by atoms with E-state index in [2.05, 4.69) is 15.9 Å². The number of amides is 2. The van der Waals surface area contributed by atoms with Crippen LogP contribution in [0.1, 0.15) is 28.2 Å². The summed E-state index contributed by atoms with van der Waals surface area (Å²) in [6.45, 7) is 0. The molecule has 1 aliphatic heterocycles. The molecule has 3 aliphatic carbocycles. The molecule has 1 saturated heterocycles. The van der Waals surface area contributed by atoms with Crippen LogP contribution < -0.4 is 10.1 Å². The zero-order valence-electron chi connectivity index (χ0n) is 16.1. The topological polar surface area (TPSA) is 83.9 Å². The third kappa shape index (κ3) is 2.23. The molecular formula is C24H16BrN2O4-. The van der Waals surface area contributed by atoms with Crippen LogP contribution in [0.15, 0.2) is 72.8 Å². The molecule has 0 unspecified atom stereocenters. The molecule has 2 bridgehead atoms.